The van der Waals surface area contributed by atoms with E-state index in [4.69, 9.17) is 10.5 Å². The van der Waals surface area contributed by atoms with Gasteiger partial charge in [-0.15, -0.1) is 12.4 Å². The van der Waals surface area contributed by atoms with Gasteiger partial charge in [0, 0.05) is 13.1 Å². The first-order valence-corrected chi connectivity index (χ1v) is 8.10. The molecular formula is C8H21ClN2O2Si. The Bertz CT molecular complexity index is 173. The molecule has 1 amide bonds. The second-order valence-corrected chi connectivity index (χ2v) is 9.67. The third kappa shape index (κ3) is 7.17. The van der Waals surface area contributed by atoms with Crippen LogP contribution in [0.4, 0.5) is 4.79 Å². The number of alkyl carbamates (subject to hydrolysis) is 1. The molecule has 6 heteroatoms. The van der Waals surface area contributed by atoms with E-state index >= 15 is 0 Å². The van der Waals surface area contributed by atoms with Crippen molar-refractivity contribution in [2.24, 2.45) is 5.73 Å². The molecule has 1 unspecified atom stereocenters. The highest BCUT2D eigenvalue weighted by Crippen LogP contribution is 2.10. The van der Waals surface area contributed by atoms with Crippen molar-refractivity contribution in [3.63, 3.8) is 0 Å². The number of amides is 1. The van der Waals surface area contributed by atoms with Crippen LogP contribution in [0, 0.1) is 0 Å². The molecule has 0 spiro atoms. The van der Waals surface area contributed by atoms with E-state index in [0.717, 1.165) is 0 Å². The van der Waals surface area contributed by atoms with Gasteiger partial charge in [0.05, 0.1) is 13.8 Å². The van der Waals surface area contributed by atoms with Crippen LogP contribution in [0.3, 0.4) is 0 Å². The Morgan fingerprint density at radius 3 is 2.36 bits per heavy atom. The second kappa shape index (κ2) is 7.08. The van der Waals surface area contributed by atoms with Crippen molar-refractivity contribution in [3.05, 3.63) is 0 Å². The lowest BCUT2D eigenvalue weighted by Gasteiger charge is -2.24. The molecule has 3 N–H and O–H groups in total. The maximum atomic E-state index is 11.1. The summed E-state index contributed by atoms with van der Waals surface area (Å²) in [5.74, 6) is 0. The Morgan fingerprint density at radius 1 is 1.50 bits per heavy atom. The molecule has 4 nitrogen and oxygen atoms in total. The Labute approximate surface area is 93.0 Å². The summed E-state index contributed by atoms with van der Waals surface area (Å²) in [7, 11) is -1.38. The molecule has 86 valence electrons. The van der Waals surface area contributed by atoms with Gasteiger partial charge in [0.2, 0.25) is 0 Å². The molecule has 0 aliphatic carbocycles. The molecule has 0 fully saturated rings. The monoisotopic (exact) mass is 240 g/mol. The number of nitrogens with two attached hydrogens (primary N) is 1. The fourth-order valence-corrected chi connectivity index (χ4v) is 1.01. The Morgan fingerprint density at radius 2 is 2.00 bits per heavy atom. The third-order valence-electron chi connectivity index (χ3n) is 1.92. The fourth-order valence-electron chi connectivity index (χ4n) is 0.553. The van der Waals surface area contributed by atoms with Gasteiger partial charge in [-0.1, -0.05) is 19.6 Å². The summed E-state index contributed by atoms with van der Waals surface area (Å²) in [6.45, 7) is 9.33. The lowest BCUT2D eigenvalue weighted by molar-refractivity contribution is 0.135. The van der Waals surface area contributed by atoms with E-state index in [1.54, 1.807) is 0 Å². The van der Waals surface area contributed by atoms with Crippen molar-refractivity contribution in [1.29, 1.82) is 0 Å². The molecule has 0 bridgehead atoms. The van der Waals surface area contributed by atoms with Crippen LogP contribution in [0.15, 0.2) is 0 Å². The quantitative estimate of drug-likeness (QED) is 0.730. The highest BCUT2D eigenvalue weighted by atomic mass is 35.5. The predicted molar refractivity (Wildman–Crippen MR) is 63.6 cm³/mol. The van der Waals surface area contributed by atoms with Gasteiger partial charge >= 0.3 is 6.09 Å². The first-order chi connectivity index (χ1) is 5.88. The minimum atomic E-state index is -1.38. The molecule has 0 aromatic heterocycles. The Hall–Kier alpha value is -0.263. The Kier molecular flexibility index (Phi) is 8.19. The molecular weight excluding hydrogens is 220 g/mol. The zero-order valence-corrected chi connectivity index (χ0v) is 11.1. The highest BCUT2D eigenvalue weighted by Gasteiger charge is 2.25. The standard InChI is InChI=1S/C8H20N2O2Si.ClH/c1-7(13(2,3)4)12-8(11)10-6-5-9;/h7H,5-6,9H2,1-4H3,(H,10,11);1H. The molecule has 0 radical (unpaired) electrons. The van der Waals surface area contributed by atoms with Crippen LogP contribution in [0.5, 0.6) is 0 Å². The van der Waals surface area contributed by atoms with Gasteiger partial charge in [0.25, 0.3) is 0 Å². The lowest BCUT2D eigenvalue weighted by atomic mass is 10.6. The van der Waals surface area contributed by atoms with Gasteiger partial charge in [0.15, 0.2) is 0 Å². The smallest absolute Gasteiger partial charge is 0.407 e. The minimum Gasteiger partial charge on any atom is -0.450 e. The molecule has 0 saturated carbocycles. The summed E-state index contributed by atoms with van der Waals surface area (Å²) in [6.07, 6.45) is -0.361. The van der Waals surface area contributed by atoms with Crippen molar-refractivity contribution in [2.75, 3.05) is 13.1 Å². The fraction of sp³-hybridized carbons (Fsp3) is 0.875. The second-order valence-electron chi connectivity index (χ2n) is 4.13. The molecule has 0 aromatic rings. The number of hydrogen-bond acceptors (Lipinski definition) is 3. The zero-order valence-electron chi connectivity index (χ0n) is 9.29. The molecule has 0 aliphatic heterocycles. The summed E-state index contributed by atoms with van der Waals surface area (Å²) in [4.78, 5) is 11.1. The molecule has 0 aromatic carbocycles. The number of carbonyl (C=O) groups excluding carboxylic acids is 1. The van der Waals surface area contributed by atoms with E-state index in [1.165, 1.54) is 0 Å². The van der Waals surface area contributed by atoms with E-state index in [9.17, 15) is 4.79 Å². The van der Waals surface area contributed by atoms with E-state index in [2.05, 4.69) is 25.0 Å². The average molecular weight is 241 g/mol. The summed E-state index contributed by atoms with van der Waals surface area (Å²) in [6, 6.07) is 0. The SMILES string of the molecule is CC(OC(=O)NCCN)[Si](C)(C)C.Cl. The van der Waals surface area contributed by atoms with Crippen molar-refractivity contribution >= 4 is 26.6 Å². The number of rotatable bonds is 4. The minimum absolute atomic E-state index is 0. The van der Waals surface area contributed by atoms with Crippen molar-refractivity contribution < 1.29 is 9.53 Å². The van der Waals surface area contributed by atoms with E-state index in [1.807, 2.05) is 6.92 Å². The Balaban J connectivity index is 0. The number of carbonyl (C=O) groups is 1. The highest BCUT2D eigenvalue weighted by molar-refractivity contribution is 6.77. The third-order valence-corrected chi connectivity index (χ3v) is 4.47. The number of ether oxygens (including phenoxy) is 1. The molecule has 0 saturated heterocycles. The number of hydrogen-bond donors (Lipinski definition) is 2. The average Bonchev–Trinajstić information content (AvgIpc) is 1.99. The largest absolute Gasteiger partial charge is 0.450 e. The van der Waals surface area contributed by atoms with Gasteiger partial charge in [-0.05, 0) is 6.92 Å². The lowest BCUT2D eigenvalue weighted by Crippen LogP contribution is -2.42. The van der Waals surface area contributed by atoms with Gasteiger partial charge in [-0.3, -0.25) is 0 Å². The maximum absolute atomic E-state index is 11.1. The summed E-state index contributed by atoms with van der Waals surface area (Å²) in [5, 5.41) is 2.57. The first kappa shape index (κ1) is 16.2. The van der Waals surface area contributed by atoms with Gasteiger partial charge in [-0.25, -0.2) is 4.79 Å². The normalized spacial score (nSPS) is 12.6. The molecule has 0 heterocycles. The van der Waals surface area contributed by atoms with Gasteiger partial charge in [-0.2, -0.15) is 0 Å². The maximum Gasteiger partial charge on any atom is 0.407 e. The van der Waals surface area contributed by atoms with Crippen molar-refractivity contribution in [1.82, 2.24) is 5.32 Å². The van der Waals surface area contributed by atoms with E-state index < -0.39 is 8.07 Å². The van der Waals surface area contributed by atoms with Crippen LogP contribution in [0.1, 0.15) is 6.92 Å². The summed E-state index contributed by atoms with van der Waals surface area (Å²) < 4.78 is 5.17. The summed E-state index contributed by atoms with van der Waals surface area (Å²) in [5.41, 5.74) is 5.26. The van der Waals surface area contributed by atoms with Crippen LogP contribution < -0.4 is 11.1 Å². The van der Waals surface area contributed by atoms with E-state index in [-0.39, 0.29) is 24.2 Å². The van der Waals surface area contributed by atoms with Crippen LogP contribution in [0.25, 0.3) is 0 Å². The molecule has 1 atom stereocenters. The van der Waals surface area contributed by atoms with E-state index in [0.29, 0.717) is 13.1 Å². The molecule has 14 heavy (non-hydrogen) atoms. The molecule has 0 aliphatic rings. The topological polar surface area (TPSA) is 64.3 Å². The van der Waals surface area contributed by atoms with Crippen LogP contribution in [0.2, 0.25) is 19.6 Å². The van der Waals surface area contributed by atoms with Crippen molar-refractivity contribution in [2.45, 2.75) is 32.3 Å². The summed E-state index contributed by atoms with van der Waals surface area (Å²) >= 11 is 0. The first-order valence-electron chi connectivity index (χ1n) is 4.52. The van der Waals surface area contributed by atoms with Gasteiger partial charge in [0.1, 0.15) is 0 Å². The van der Waals surface area contributed by atoms with Crippen LogP contribution >= 0.6 is 12.4 Å². The predicted octanol–water partition coefficient (Wildman–Crippen LogP) is 1.36. The van der Waals surface area contributed by atoms with Gasteiger partial charge < -0.3 is 15.8 Å². The van der Waals surface area contributed by atoms with Crippen LogP contribution in [-0.2, 0) is 4.74 Å². The van der Waals surface area contributed by atoms with Crippen LogP contribution in [-0.4, -0.2) is 33.0 Å². The zero-order chi connectivity index (χ0) is 10.5. The number of halogens is 1. The van der Waals surface area contributed by atoms with Crippen molar-refractivity contribution in [3.8, 4) is 0 Å². The molecule has 0 rings (SSSR count). The number of nitrogens with one attached hydrogen (secondary N) is 1.